The summed E-state index contributed by atoms with van der Waals surface area (Å²) in [5.74, 6) is 0.158. The lowest BCUT2D eigenvalue weighted by Gasteiger charge is -2.45. The van der Waals surface area contributed by atoms with Gasteiger partial charge in [0.2, 0.25) is 0 Å². The summed E-state index contributed by atoms with van der Waals surface area (Å²) in [5, 5.41) is 4.02. The Morgan fingerprint density at radius 3 is 2.42 bits per heavy atom. The third-order valence-electron chi connectivity index (χ3n) is 4.88. The van der Waals surface area contributed by atoms with Crippen molar-refractivity contribution in [3.63, 3.8) is 0 Å². The molecule has 1 N–H and O–H groups in total. The summed E-state index contributed by atoms with van der Waals surface area (Å²) in [5.41, 5.74) is 2.76. The molecular formula is C20H21BrClNO. The number of rotatable bonds is 2. The second-order valence-electron chi connectivity index (χ2n) is 7.31. The molecule has 0 bridgehead atoms. The molecule has 0 radical (unpaired) electrons. The number of benzene rings is 2. The van der Waals surface area contributed by atoms with E-state index < -0.39 is 11.0 Å². The maximum absolute atomic E-state index is 13.4. The smallest absolute Gasteiger partial charge is 0.168 e. The van der Waals surface area contributed by atoms with Gasteiger partial charge in [0.25, 0.3) is 0 Å². The summed E-state index contributed by atoms with van der Waals surface area (Å²) in [7, 11) is 0. The zero-order chi connectivity index (χ0) is 17.7. The molecule has 4 heteroatoms. The number of hydrogen-bond donors (Lipinski definition) is 1. The zero-order valence-electron chi connectivity index (χ0n) is 14.3. The van der Waals surface area contributed by atoms with E-state index in [0.717, 1.165) is 26.9 Å². The van der Waals surface area contributed by atoms with Gasteiger partial charge in [-0.05, 0) is 67.2 Å². The normalized spacial score (nSPS) is 22.0. The fourth-order valence-corrected chi connectivity index (χ4v) is 4.68. The molecule has 2 nitrogen and oxygen atoms in total. The monoisotopic (exact) mass is 405 g/mol. The summed E-state index contributed by atoms with van der Waals surface area (Å²) in [6.07, 6.45) is 0.625. The van der Waals surface area contributed by atoms with Crippen molar-refractivity contribution < 1.29 is 4.79 Å². The van der Waals surface area contributed by atoms with Crippen LogP contribution in [0.2, 0.25) is 5.02 Å². The van der Waals surface area contributed by atoms with Crippen molar-refractivity contribution in [2.24, 2.45) is 0 Å². The minimum atomic E-state index is -0.683. The Labute approximate surface area is 156 Å². The molecule has 1 heterocycles. The minimum absolute atomic E-state index is 0.158. The van der Waals surface area contributed by atoms with Crippen LogP contribution in [0.3, 0.4) is 0 Å². The molecular weight excluding hydrogens is 386 g/mol. The largest absolute Gasteiger partial charge is 0.373 e. The average Bonchev–Trinajstić information content (AvgIpc) is 2.51. The first-order chi connectivity index (χ1) is 11.2. The van der Waals surface area contributed by atoms with Crippen LogP contribution in [0.25, 0.3) is 0 Å². The molecule has 0 spiro atoms. The van der Waals surface area contributed by atoms with Crippen LogP contribution in [0.1, 0.15) is 37.5 Å². The van der Waals surface area contributed by atoms with E-state index in [-0.39, 0.29) is 5.78 Å². The molecule has 3 rings (SSSR count). The fourth-order valence-electron chi connectivity index (χ4n) is 3.78. The van der Waals surface area contributed by atoms with Gasteiger partial charge in [-0.15, -0.1) is 0 Å². The van der Waals surface area contributed by atoms with Crippen LogP contribution in [0.4, 0.5) is 5.69 Å². The lowest BCUT2D eigenvalue weighted by atomic mass is 9.65. The molecule has 2 aromatic rings. The summed E-state index contributed by atoms with van der Waals surface area (Å²) in [6.45, 7) is 7.94. The molecule has 1 atom stereocenters. The SMILES string of the molecule is Cc1cc(Br)c(Cl)c2c1NC(C)(C)C(=O)C2(C)Cc1ccccc1. The van der Waals surface area contributed by atoms with Gasteiger partial charge in [-0.1, -0.05) is 41.9 Å². The Bertz CT molecular complexity index is 816. The molecule has 0 amide bonds. The van der Waals surface area contributed by atoms with E-state index in [0.29, 0.717) is 11.4 Å². The van der Waals surface area contributed by atoms with Crippen molar-refractivity contribution in [2.75, 3.05) is 5.32 Å². The Hall–Kier alpha value is -1.32. The standard InChI is InChI=1S/C20H21BrClNO/c1-12-10-14(21)16(22)15-17(12)23-19(2,3)18(24)20(15,4)11-13-8-6-5-7-9-13/h5-10,23H,11H2,1-4H3. The number of aryl methyl sites for hydroxylation is 1. The van der Waals surface area contributed by atoms with Gasteiger partial charge in [0.05, 0.1) is 16.0 Å². The van der Waals surface area contributed by atoms with Crippen molar-refractivity contribution in [1.82, 2.24) is 0 Å². The van der Waals surface area contributed by atoms with Gasteiger partial charge in [0.15, 0.2) is 5.78 Å². The Balaban J connectivity index is 2.27. The van der Waals surface area contributed by atoms with Crippen molar-refractivity contribution in [2.45, 2.75) is 45.1 Å². The number of carbonyl (C=O) groups is 1. The molecule has 24 heavy (non-hydrogen) atoms. The summed E-state index contributed by atoms with van der Waals surface area (Å²) < 4.78 is 0.828. The molecule has 1 unspecified atom stereocenters. The molecule has 126 valence electrons. The van der Waals surface area contributed by atoms with E-state index in [1.54, 1.807) is 0 Å². The predicted molar refractivity (Wildman–Crippen MR) is 104 cm³/mol. The number of Topliss-reactive ketones (excluding diaryl/α,β-unsaturated/α-hetero) is 1. The summed E-state index contributed by atoms with van der Waals surface area (Å²) in [4.78, 5) is 13.4. The van der Waals surface area contributed by atoms with Crippen LogP contribution in [0.5, 0.6) is 0 Å². The summed E-state index contributed by atoms with van der Waals surface area (Å²) in [6, 6.07) is 12.1. The minimum Gasteiger partial charge on any atom is -0.373 e. The van der Waals surface area contributed by atoms with E-state index in [1.807, 2.05) is 52.0 Å². The molecule has 0 saturated heterocycles. The average molecular weight is 407 g/mol. The van der Waals surface area contributed by atoms with Crippen molar-refractivity contribution in [3.8, 4) is 0 Å². The predicted octanol–water partition coefficient (Wildman–Crippen LogP) is 5.68. The number of nitrogens with one attached hydrogen (secondary N) is 1. The van der Waals surface area contributed by atoms with Crippen LogP contribution in [-0.4, -0.2) is 11.3 Å². The first kappa shape index (κ1) is 17.5. The zero-order valence-corrected chi connectivity index (χ0v) is 16.7. The molecule has 0 saturated carbocycles. The number of anilines is 1. The number of ketones is 1. The van der Waals surface area contributed by atoms with Crippen molar-refractivity contribution in [1.29, 1.82) is 0 Å². The highest BCUT2D eigenvalue weighted by atomic mass is 79.9. The van der Waals surface area contributed by atoms with Gasteiger partial charge in [0, 0.05) is 15.7 Å². The van der Waals surface area contributed by atoms with Gasteiger partial charge in [-0.3, -0.25) is 4.79 Å². The molecule has 2 aromatic carbocycles. The number of hydrogen-bond acceptors (Lipinski definition) is 2. The van der Waals surface area contributed by atoms with E-state index >= 15 is 0 Å². The van der Waals surface area contributed by atoms with Crippen LogP contribution in [0.15, 0.2) is 40.9 Å². The number of fused-ring (bicyclic) bond motifs is 1. The third kappa shape index (κ3) is 2.68. The number of carbonyl (C=O) groups excluding carboxylic acids is 1. The van der Waals surface area contributed by atoms with Gasteiger partial charge >= 0.3 is 0 Å². The highest BCUT2D eigenvalue weighted by Gasteiger charge is 2.50. The van der Waals surface area contributed by atoms with Crippen LogP contribution in [0, 0.1) is 6.92 Å². The second-order valence-corrected chi connectivity index (χ2v) is 8.55. The van der Waals surface area contributed by atoms with Gasteiger partial charge in [0.1, 0.15) is 0 Å². The maximum Gasteiger partial charge on any atom is 0.168 e. The van der Waals surface area contributed by atoms with E-state index in [9.17, 15) is 4.79 Å². The van der Waals surface area contributed by atoms with Gasteiger partial charge < -0.3 is 5.32 Å². The first-order valence-electron chi connectivity index (χ1n) is 8.03. The second kappa shape index (κ2) is 5.89. The van der Waals surface area contributed by atoms with Crippen molar-refractivity contribution in [3.05, 3.63) is 62.6 Å². The Morgan fingerprint density at radius 2 is 1.79 bits per heavy atom. The van der Waals surface area contributed by atoms with Gasteiger partial charge in [-0.2, -0.15) is 0 Å². The van der Waals surface area contributed by atoms with Crippen LogP contribution >= 0.6 is 27.5 Å². The lowest BCUT2D eigenvalue weighted by molar-refractivity contribution is -0.128. The molecule has 0 aromatic heterocycles. The van der Waals surface area contributed by atoms with E-state index in [4.69, 9.17) is 11.6 Å². The molecule has 1 aliphatic rings. The quantitative estimate of drug-likeness (QED) is 0.694. The van der Waals surface area contributed by atoms with Crippen LogP contribution in [-0.2, 0) is 16.6 Å². The Morgan fingerprint density at radius 1 is 1.17 bits per heavy atom. The Kier molecular flexibility index (Phi) is 4.29. The van der Waals surface area contributed by atoms with Crippen LogP contribution < -0.4 is 5.32 Å². The summed E-state index contributed by atoms with van der Waals surface area (Å²) >= 11 is 10.2. The van der Waals surface area contributed by atoms with Crippen molar-refractivity contribution >= 4 is 39.0 Å². The topological polar surface area (TPSA) is 29.1 Å². The molecule has 1 aliphatic heterocycles. The molecule has 0 fully saturated rings. The van der Waals surface area contributed by atoms with E-state index in [2.05, 4.69) is 33.4 Å². The lowest BCUT2D eigenvalue weighted by Crippen LogP contribution is -2.56. The first-order valence-corrected chi connectivity index (χ1v) is 9.20. The molecule has 0 aliphatic carbocycles. The fraction of sp³-hybridized carbons (Fsp3) is 0.350. The van der Waals surface area contributed by atoms with E-state index in [1.165, 1.54) is 0 Å². The highest BCUT2D eigenvalue weighted by molar-refractivity contribution is 9.10. The highest BCUT2D eigenvalue weighted by Crippen LogP contribution is 2.49. The maximum atomic E-state index is 13.4. The number of halogens is 2. The third-order valence-corrected chi connectivity index (χ3v) is 6.12. The van der Waals surface area contributed by atoms with Gasteiger partial charge in [-0.25, -0.2) is 0 Å².